The maximum atomic E-state index is 11.5. The summed E-state index contributed by atoms with van der Waals surface area (Å²) in [7, 11) is 1.67. The smallest absolute Gasteiger partial charge is 0.118 e. The van der Waals surface area contributed by atoms with Gasteiger partial charge in [0, 0.05) is 23.0 Å². The molecule has 0 unspecified atom stereocenters. The number of benzene rings is 4. The summed E-state index contributed by atoms with van der Waals surface area (Å²) in [5.41, 5.74) is 6.45. The highest BCUT2D eigenvalue weighted by Gasteiger charge is 2.18. The Morgan fingerprint density at radius 3 is 2.22 bits per heavy atom. The molecule has 0 saturated carbocycles. The van der Waals surface area contributed by atoms with Crippen molar-refractivity contribution in [3.05, 3.63) is 121 Å². The van der Waals surface area contributed by atoms with E-state index in [1.807, 2.05) is 48.5 Å². The van der Waals surface area contributed by atoms with Crippen LogP contribution in [0.5, 0.6) is 5.75 Å². The summed E-state index contributed by atoms with van der Waals surface area (Å²) in [6, 6.07) is 37.1. The van der Waals surface area contributed by atoms with E-state index in [4.69, 9.17) is 9.72 Å². The molecule has 5 nitrogen and oxygen atoms in total. The third-order valence-corrected chi connectivity index (χ3v) is 6.92. The highest BCUT2D eigenvalue weighted by molar-refractivity contribution is 5.87. The number of nitrogens with zero attached hydrogens (tertiary/aromatic N) is 3. The van der Waals surface area contributed by atoms with E-state index in [1.54, 1.807) is 7.11 Å². The number of ether oxygens (including phenoxy) is 1. The van der Waals surface area contributed by atoms with Gasteiger partial charge in [-0.25, -0.2) is 4.98 Å². The Kier molecular flexibility index (Phi) is 6.21. The Hall–Kier alpha value is -4.35. The van der Waals surface area contributed by atoms with Gasteiger partial charge in [-0.2, -0.15) is 0 Å². The van der Waals surface area contributed by atoms with Crippen LogP contribution in [0.1, 0.15) is 11.4 Å². The highest BCUT2D eigenvalue weighted by atomic mass is 16.5. The quantitative estimate of drug-likeness (QED) is 0.273. The summed E-state index contributed by atoms with van der Waals surface area (Å²) in [6.45, 7) is 0.920. The van der Waals surface area contributed by atoms with Crippen molar-refractivity contribution in [3.8, 4) is 17.0 Å². The van der Waals surface area contributed by atoms with Crippen LogP contribution < -0.4 is 4.74 Å². The first kappa shape index (κ1) is 23.1. The molecular weight excluding hydrogens is 458 g/mol. The van der Waals surface area contributed by atoms with Gasteiger partial charge >= 0.3 is 0 Å². The van der Waals surface area contributed by atoms with Crippen molar-refractivity contribution in [2.45, 2.75) is 25.6 Å². The molecule has 6 aromatic rings. The molecule has 0 aliphatic carbocycles. The molecule has 37 heavy (non-hydrogen) atoms. The van der Waals surface area contributed by atoms with E-state index in [1.165, 1.54) is 5.56 Å². The van der Waals surface area contributed by atoms with Gasteiger partial charge in [0.25, 0.3) is 0 Å². The van der Waals surface area contributed by atoms with Crippen LogP contribution in [0.4, 0.5) is 0 Å². The molecule has 5 heteroatoms. The van der Waals surface area contributed by atoms with E-state index in [-0.39, 0.29) is 0 Å². The lowest BCUT2D eigenvalue weighted by Gasteiger charge is -2.18. The maximum absolute atomic E-state index is 11.5. The van der Waals surface area contributed by atoms with Crippen LogP contribution in [0.25, 0.3) is 33.2 Å². The fourth-order valence-electron chi connectivity index (χ4n) is 5.13. The van der Waals surface area contributed by atoms with Gasteiger partial charge in [-0.15, -0.1) is 0 Å². The van der Waals surface area contributed by atoms with Gasteiger partial charge in [-0.1, -0.05) is 60.7 Å². The SMILES string of the molecule is COc1ccc(-c2cc3ccccc3n2C[C@H](O)Cn2c(Cc3ccccc3)nc3ccccc32)cc1. The molecule has 184 valence electrons. The summed E-state index contributed by atoms with van der Waals surface area (Å²) in [5.74, 6) is 1.78. The van der Waals surface area contributed by atoms with Crippen molar-refractivity contribution < 1.29 is 9.84 Å². The molecule has 0 amide bonds. The largest absolute Gasteiger partial charge is 0.497 e. The van der Waals surface area contributed by atoms with Gasteiger partial charge in [0.15, 0.2) is 0 Å². The first-order valence-electron chi connectivity index (χ1n) is 12.6. The van der Waals surface area contributed by atoms with Crippen molar-refractivity contribution in [3.63, 3.8) is 0 Å². The van der Waals surface area contributed by atoms with Crippen molar-refractivity contribution in [2.75, 3.05) is 7.11 Å². The lowest BCUT2D eigenvalue weighted by Crippen LogP contribution is -2.23. The van der Waals surface area contributed by atoms with Crippen molar-refractivity contribution in [1.82, 2.24) is 14.1 Å². The fraction of sp³-hybridized carbons (Fsp3) is 0.156. The van der Waals surface area contributed by atoms with Gasteiger partial charge in [0.2, 0.25) is 0 Å². The van der Waals surface area contributed by atoms with Gasteiger partial charge < -0.3 is 19.0 Å². The van der Waals surface area contributed by atoms with Crippen molar-refractivity contribution in [1.29, 1.82) is 0 Å². The van der Waals surface area contributed by atoms with E-state index >= 15 is 0 Å². The Bertz CT molecular complexity index is 1650. The maximum Gasteiger partial charge on any atom is 0.118 e. The van der Waals surface area contributed by atoms with Crippen LogP contribution in [-0.2, 0) is 19.5 Å². The van der Waals surface area contributed by atoms with Crippen LogP contribution in [0.15, 0.2) is 109 Å². The zero-order valence-electron chi connectivity index (χ0n) is 20.8. The number of fused-ring (bicyclic) bond motifs is 2. The Morgan fingerprint density at radius 1 is 0.757 bits per heavy atom. The Balaban J connectivity index is 1.35. The molecule has 0 bridgehead atoms. The summed E-state index contributed by atoms with van der Waals surface area (Å²) < 4.78 is 9.74. The summed E-state index contributed by atoms with van der Waals surface area (Å²) in [4.78, 5) is 4.92. The summed E-state index contributed by atoms with van der Waals surface area (Å²) in [6.07, 6.45) is 0.103. The van der Waals surface area contributed by atoms with E-state index in [0.29, 0.717) is 19.5 Å². The molecule has 0 aliphatic heterocycles. The number of aliphatic hydroxyl groups is 1. The number of para-hydroxylation sites is 3. The first-order chi connectivity index (χ1) is 18.2. The molecule has 1 N–H and O–H groups in total. The number of imidazole rings is 1. The Morgan fingerprint density at radius 2 is 1.43 bits per heavy atom. The number of aromatic nitrogens is 3. The minimum atomic E-state index is -0.611. The number of aliphatic hydroxyl groups excluding tert-OH is 1. The van der Waals surface area contributed by atoms with Crippen molar-refractivity contribution in [2.24, 2.45) is 0 Å². The molecule has 0 spiro atoms. The number of rotatable bonds is 8. The van der Waals surface area contributed by atoms with Crippen molar-refractivity contribution >= 4 is 21.9 Å². The predicted octanol–water partition coefficient (Wildman–Crippen LogP) is 6.32. The van der Waals surface area contributed by atoms with E-state index in [9.17, 15) is 5.11 Å². The number of methoxy groups -OCH3 is 1. The molecule has 0 saturated heterocycles. The normalized spacial score (nSPS) is 12.3. The molecule has 2 aromatic heterocycles. The second-order valence-electron chi connectivity index (χ2n) is 9.37. The monoisotopic (exact) mass is 487 g/mol. The molecule has 6 rings (SSSR count). The third-order valence-electron chi connectivity index (χ3n) is 6.92. The number of hydrogen-bond donors (Lipinski definition) is 1. The summed E-state index contributed by atoms with van der Waals surface area (Å²) in [5, 5.41) is 12.6. The Labute approximate surface area is 216 Å². The predicted molar refractivity (Wildman–Crippen MR) is 149 cm³/mol. The molecule has 0 fully saturated rings. The van der Waals surface area contributed by atoms with Gasteiger partial charge in [0.05, 0.1) is 37.3 Å². The van der Waals surface area contributed by atoms with Crippen LogP contribution >= 0.6 is 0 Å². The van der Waals surface area contributed by atoms with Crippen LogP contribution in [0.2, 0.25) is 0 Å². The average Bonchev–Trinajstić information content (AvgIpc) is 3.47. The minimum absolute atomic E-state index is 0.456. The van der Waals surface area contributed by atoms with E-state index in [2.05, 4.69) is 69.8 Å². The molecule has 0 radical (unpaired) electrons. The van der Waals surface area contributed by atoms with Crippen LogP contribution in [0.3, 0.4) is 0 Å². The van der Waals surface area contributed by atoms with Crippen LogP contribution in [0, 0.1) is 0 Å². The van der Waals surface area contributed by atoms with E-state index < -0.39 is 6.10 Å². The topological polar surface area (TPSA) is 52.2 Å². The zero-order valence-corrected chi connectivity index (χ0v) is 20.8. The van der Waals surface area contributed by atoms with Gasteiger partial charge in [0.1, 0.15) is 11.6 Å². The second-order valence-corrected chi connectivity index (χ2v) is 9.37. The lowest BCUT2D eigenvalue weighted by atomic mass is 10.1. The van der Waals surface area contributed by atoms with Crippen LogP contribution in [-0.4, -0.2) is 32.4 Å². The zero-order chi connectivity index (χ0) is 25.2. The van der Waals surface area contributed by atoms with Gasteiger partial charge in [-0.05, 0) is 59.7 Å². The second kappa shape index (κ2) is 9.96. The highest BCUT2D eigenvalue weighted by Crippen LogP contribution is 2.30. The minimum Gasteiger partial charge on any atom is -0.497 e. The molecule has 4 aromatic carbocycles. The average molecular weight is 488 g/mol. The molecular formula is C32H29N3O2. The molecule has 2 heterocycles. The lowest BCUT2D eigenvalue weighted by molar-refractivity contribution is 0.136. The van der Waals surface area contributed by atoms with Gasteiger partial charge in [-0.3, -0.25) is 0 Å². The third kappa shape index (κ3) is 4.61. The molecule has 0 aliphatic rings. The van der Waals surface area contributed by atoms with E-state index in [0.717, 1.165) is 44.8 Å². The first-order valence-corrected chi connectivity index (χ1v) is 12.6. The number of hydrogen-bond acceptors (Lipinski definition) is 3. The fourth-order valence-corrected chi connectivity index (χ4v) is 5.13. The summed E-state index contributed by atoms with van der Waals surface area (Å²) >= 11 is 0. The standard InChI is InChI=1S/C32H29N3O2/c1-37-27-17-15-24(16-18-27)31-20-25-11-5-7-13-29(25)34(31)21-26(36)22-35-30-14-8-6-12-28(30)33-32(35)19-23-9-3-2-4-10-23/h2-18,20,26,36H,19,21-22H2,1H3/t26-/m0/s1. The molecule has 1 atom stereocenters.